The van der Waals surface area contributed by atoms with Gasteiger partial charge in [0.2, 0.25) is 15.2 Å². The van der Waals surface area contributed by atoms with Gasteiger partial charge >= 0.3 is 0 Å². The van der Waals surface area contributed by atoms with Gasteiger partial charge in [-0.15, -0.1) is 22.7 Å². The van der Waals surface area contributed by atoms with Crippen molar-refractivity contribution in [2.24, 2.45) is 5.10 Å². The number of anilines is 1. The molecule has 0 aliphatic carbocycles. The average molecular weight is 435 g/mol. The smallest absolute Gasteiger partial charge is 0.243 e. The molecule has 7 nitrogen and oxygen atoms in total. The minimum Gasteiger partial charge on any atom is -0.379 e. The number of hydrogen-bond donors (Lipinski definition) is 1. The number of nitrogens with one attached hydrogen (secondary N) is 1. The molecule has 146 valence electrons. The van der Waals surface area contributed by atoms with Gasteiger partial charge in [0, 0.05) is 28.9 Å². The lowest BCUT2D eigenvalue weighted by Crippen LogP contribution is -2.40. The maximum Gasteiger partial charge on any atom is 0.243 e. The molecule has 1 aromatic carbocycles. The zero-order valence-electron chi connectivity index (χ0n) is 14.8. The summed E-state index contributed by atoms with van der Waals surface area (Å²) in [6.45, 7) is 1.64. The number of thiophene rings is 1. The van der Waals surface area contributed by atoms with Gasteiger partial charge in [-0.2, -0.15) is 9.41 Å². The Labute approximate surface area is 171 Å². The second kappa shape index (κ2) is 8.50. The molecule has 1 aliphatic heterocycles. The Morgan fingerprint density at radius 2 is 1.93 bits per heavy atom. The Morgan fingerprint density at radius 1 is 1.14 bits per heavy atom. The van der Waals surface area contributed by atoms with Crippen molar-refractivity contribution in [1.82, 2.24) is 9.29 Å². The van der Waals surface area contributed by atoms with Crippen LogP contribution in [0.1, 0.15) is 4.88 Å². The summed E-state index contributed by atoms with van der Waals surface area (Å²) >= 11 is 3.05. The van der Waals surface area contributed by atoms with Gasteiger partial charge < -0.3 is 4.74 Å². The van der Waals surface area contributed by atoms with E-state index in [1.54, 1.807) is 41.8 Å². The topological polar surface area (TPSA) is 83.9 Å². The fourth-order valence-electron chi connectivity index (χ4n) is 2.71. The number of nitrogens with zero attached hydrogens (tertiary/aromatic N) is 3. The van der Waals surface area contributed by atoms with E-state index in [0.29, 0.717) is 31.4 Å². The van der Waals surface area contributed by atoms with Crippen LogP contribution in [0, 0.1) is 0 Å². The van der Waals surface area contributed by atoms with Crippen LogP contribution in [0.5, 0.6) is 0 Å². The number of ether oxygens (including phenoxy) is 1. The Kier molecular flexibility index (Phi) is 5.83. The number of morpholine rings is 1. The molecule has 0 bridgehead atoms. The van der Waals surface area contributed by atoms with Crippen molar-refractivity contribution in [1.29, 1.82) is 0 Å². The fraction of sp³-hybridized carbons (Fsp3) is 0.222. The van der Waals surface area contributed by atoms with Gasteiger partial charge in [0.25, 0.3) is 0 Å². The summed E-state index contributed by atoms with van der Waals surface area (Å²) in [6.07, 6.45) is 1.75. The van der Waals surface area contributed by atoms with Gasteiger partial charge in [-0.25, -0.2) is 13.4 Å². The van der Waals surface area contributed by atoms with Crippen LogP contribution in [0.15, 0.2) is 57.2 Å². The summed E-state index contributed by atoms with van der Waals surface area (Å²) in [7, 11) is -3.48. The van der Waals surface area contributed by atoms with Crippen molar-refractivity contribution >= 4 is 44.0 Å². The highest BCUT2D eigenvalue weighted by Gasteiger charge is 2.26. The lowest BCUT2D eigenvalue weighted by atomic mass is 10.2. The Hall–Kier alpha value is -2.11. The first-order valence-corrected chi connectivity index (χ1v) is 11.8. The van der Waals surface area contributed by atoms with Crippen molar-refractivity contribution in [3.8, 4) is 11.3 Å². The van der Waals surface area contributed by atoms with E-state index in [4.69, 9.17) is 4.74 Å². The zero-order valence-corrected chi connectivity index (χ0v) is 17.3. The van der Waals surface area contributed by atoms with Gasteiger partial charge in [-0.1, -0.05) is 18.2 Å². The summed E-state index contributed by atoms with van der Waals surface area (Å²) in [5, 5.41) is 8.75. The maximum atomic E-state index is 12.7. The van der Waals surface area contributed by atoms with Crippen LogP contribution in [0.4, 0.5) is 5.13 Å². The molecule has 3 heterocycles. The molecule has 1 saturated heterocycles. The molecule has 0 amide bonds. The largest absolute Gasteiger partial charge is 0.379 e. The third kappa shape index (κ3) is 4.31. The summed E-state index contributed by atoms with van der Waals surface area (Å²) < 4.78 is 32.1. The summed E-state index contributed by atoms with van der Waals surface area (Å²) in [5.74, 6) is 0. The van der Waals surface area contributed by atoms with E-state index in [1.807, 2.05) is 22.9 Å². The number of sulfonamides is 1. The van der Waals surface area contributed by atoms with Gasteiger partial charge in [0.15, 0.2) is 0 Å². The van der Waals surface area contributed by atoms with Gasteiger partial charge in [0.05, 0.1) is 30.0 Å². The predicted molar refractivity (Wildman–Crippen MR) is 113 cm³/mol. The lowest BCUT2D eigenvalue weighted by Gasteiger charge is -2.26. The minimum absolute atomic E-state index is 0.285. The van der Waals surface area contributed by atoms with Crippen LogP contribution in [-0.4, -0.2) is 50.2 Å². The first kappa shape index (κ1) is 19.2. The van der Waals surface area contributed by atoms with Crippen molar-refractivity contribution in [3.63, 3.8) is 0 Å². The number of hydrogen-bond acceptors (Lipinski definition) is 8. The van der Waals surface area contributed by atoms with Gasteiger partial charge in [0.1, 0.15) is 0 Å². The van der Waals surface area contributed by atoms with E-state index in [-0.39, 0.29) is 4.90 Å². The van der Waals surface area contributed by atoms with E-state index in [0.717, 1.165) is 16.1 Å². The van der Waals surface area contributed by atoms with Crippen molar-refractivity contribution in [2.45, 2.75) is 4.90 Å². The van der Waals surface area contributed by atoms with Gasteiger partial charge in [-0.3, -0.25) is 5.43 Å². The molecule has 2 aromatic heterocycles. The lowest BCUT2D eigenvalue weighted by molar-refractivity contribution is 0.0730. The Morgan fingerprint density at radius 3 is 2.64 bits per heavy atom. The standard InChI is InChI=1S/C18H18N4O3S3/c23-28(24,22-7-9-25-10-8-22)16-5-3-14(4-6-16)17-13-27-18(20-17)21-19-12-15-2-1-11-26-15/h1-6,11-13H,7-10H2,(H,20,21). The highest BCUT2D eigenvalue weighted by molar-refractivity contribution is 7.89. The maximum absolute atomic E-state index is 12.7. The first-order valence-electron chi connectivity index (χ1n) is 8.59. The second-order valence-corrected chi connectivity index (χ2v) is 9.74. The normalized spacial score (nSPS) is 15.9. The molecule has 10 heteroatoms. The first-order chi connectivity index (χ1) is 13.6. The monoisotopic (exact) mass is 434 g/mol. The molecule has 0 unspecified atom stereocenters. The Bertz CT molecular complexity index is 1040. The predicted octanol–water partition coefficient (Wildman–Crippen LogP) is 3.34. The number of rotatable bonds is 6. The van der Waals surface area contributed by atoms with E-state index in [2.05, 4.69) is 15.5 Å². The third-order valence-electron chi connectivity index (χ3n) is 4.16. The highest BCUT2D eigenvalue weighted by Crippen LogP contribution is 2.27. The number of benzene rings is 1. The average Bonchev–Trinajstić information content (AvgIpc) is 3.41. The van der Waals surface area contributed by atoms with Crippen LogP contribution < -0.4 is 5.43 Å². The van der Waals surface area contributed by atoms with E-state index >= 15 is 0 Å². The molecule has 0 radical (unpaired) electrons. The van der Waals surface area contributed by atoms with Crippen LogP contribution in [0.25, 0.3) is 11.3 Å². The SMILES string of the molecule is O=S(=O)(c1ccc(-c2csc(NN=Cc3cccs3)n2)cc1)N1CCOCC1. The van der Waals surface area contributed by atoms with Crippen LogP contribution in [0.3, 0.4) is 0 Å². The van der Waals surface area contributed by atoms with Crippen LogP contribution in [0.2, 0.25) is 0 Å². The molecular formula is C18H18N4O3S3. The van der Waals surface area contributed by atoms with E-state index in [1.165, 1.54) is 15.6 Å². The molecule has 4 rings (SSSR count). The fourth-order valence-corrected chi connectivity index (χ4v) is 5.37. The summed E-state index contributed by atoms with van der Waals surface area (Å²) in [5.41, 5.74) is 4.55. The minimum atomic E-state index is -3.48. The number of thiazole rings is 1. The van der Waals surface area contributed by atoms with Crippen LogP contribution in [-0.2, 0) is 14.8 Å². The zero-order chi connectivity index (χ0) is 19.4. The number of hydrazone groups is 1. The highest BCUT2D eigenvalue weighted by atomic mass is 32.2. The molecule has 0 spiro atoms. The summed E-state index contributed by atoms with van der Waals surface area (Å²) in [4.78, 5) is 5.84. The molecule has 1 aliphatic rings. The third-order valence-corrected chi connectivity index (χ3v) is 7.62. The van der Waals surface area contributed by atoms with Crippen molar-refractivity contribution < 1.29 is 13.2 Å². The molecule has 0 saturated carbocycles. The number of aromatic nitrogens is 1. The molecule has 1 N–H and O–H groups in total. The second-order valence-electron chi connectivity index (χ2n) is 5.96. The molecular weight excluding hydrogens is 416 g/mol. The van der Waals surface area contributed by atoms with E-state index in [9.17, 15) is 8.42 Å². The molecule has 28 heavy (non-hydrogen) atoms. The van der Waals surface area contributed by atoms with Gasteiger partial charge in [-0.05, 0) is 23.6 Å². The van der Waals surface area contributed by atoms with Crippen LogP contribution >= 0.6 is 22.7 Å². The molecule has 1 fully saturated rings. The van der Waals surface area contributed by atoms with E-state index < -0.39 is 10.0 Å². The molecule has 3 aromatic rings. The summed E-state index contributed by atoms with van der Waals surface area (Å²) in [6, 6.07) is 10.8. The Balaban J connectivity index is 1.45. The quantitative estimate of drug-likeness (QED) is 0.475. The van der Waals surface area contributed by atoms with Crippen molar-refractivity contribution in [2.75, 3.05) is 31.7 Å². The van der Waals surface area contributed by atoms with Crippen molar-refractivity contribution in [3.05, 3.63) is 52.0 Å². The molecule has 0 atom stereocenters.